The van der Waals surface area contributed by atoms with Gasteiger partial charge in [-0.05, 0) is 51.0 Å². The van der Waals surface area contributed by atoms with Gasteiger partial charge in [-0.25, -0.2) is 5.43 Å². The van der Waals surface area contributed by atoms with Crippen molar-refractivity contribution in [3.8, 4) is 0 Å². The van der Waals surface area contributed by atoms with Crippen LogP contribution in [0.3, 0.4) is 0 Å². The highest BCUT2D eigenvalue weighted by Crippen LogP contribution is 2.27. The number of carbonyl (C=O) groups excluding carboxylic acids is 2. The summed E-state index contributed by atoms with van der Waals surface area (Å²) in [6, 6.07) is 0. The lowest BCUT2D eigenvalue weighted by Crippen LogP contribution is -2.49. The Morgan fingerprint density at radius 3 is 2.65 bits per heavy atom. The number of nitrogens with one attached hydrogen (secondary N) is 1. The summed E-state index contributed by atoms with van der Waals surface area (Å²) in [6.45, 7) is 7.58. The van der Waals surface area contributed by atoms with Gasteiger partial charge in [0.25, 0.3) is 0 Å². The summed E-state index contributed by atoms with van der Waals surface area (Å²) < 4.78 is 37.7. The van der Waals surface area contributed by atoms with E-state index in [1.807, 2.05) is 19.9 Å². The van der Waals surface area contributed by atoms with Gasteiger partial charge in [-0.3, -0.25) is 9.59 Å². The van der Waals surface area contributed by atoms with Crippen molar-refractivity contribution in [2.45, 2.75) is 45.7 Å². The number of allylic oxidation sites excluding steroid dienone is 3. The Labute approximate surface area is 151 Å². The summed E-state index contributed by atoms with van der Waals surface area (Å²) in [5, 5.41) is 4.17. The molecular formula is C18H24F3N3O2. The first-order valence-electron chi connectivity index (χ1n) is 8.64. The molecule has 1 heterocycles. The van der Waals surface area contributed by atoms with E-state index in [2.05, 4.69) is 17.1 Å². The first-order chi connectivity index (χ1) is 12.1. The van der Waals surface area contributed by atoms with Crippen LogP contribution in [0.2, 0.25) is 0 Å². The summed E-state index contributed by atoms with van der Waals surface area (Å²) in [6.07, 6.45) is -0.542. The molecule has 0 saturated carbocycles. The van der Waals surface area contributed by atoms with Gasteiger partial charge in [0.2, 0.25) is 5.91 Å². The molecule has 5 nitrogen and oxygen atoms in total. The fourth-order valence-electron chi connectivity index (χ4n) is 3.19. The van der Waals surface area contributed by atoms with Crippen LogP contribution in [0.5, 0.6) is 0 Å². The van der Waals surface area contributed by atoms with Crippen LogP contribution in [0.25, 0.3) is 0 Å². The predicted molar refractivity (Wildman–Crippen MR) is 92.2 cm³/mol. The van der Waals surface area contributed by atoms with Crippen molar-refractivity contribution in [3.05, 3.63) is 23.8 Å². The molecule has 1 fully saturated rings. The van der Waals surface area contributed by atoms with Crippen molar-refractivity contribution in [2.75, 3.05) is 13.1 Å². The molecular weight excluding hydrogens is 347 g/mol. The van der Waals surface area contributed by atoms with Crippen LogP contribution in [0.4, 0.5) is 13.2 Å². The molecule has 2 aliphatic rings. The molecule has 1 aliphatic heterocycles. The van der Waals surface area contributed by atoms with E-state index in [-0.39, 0.29) is 19.0 Å². The molecule has 0 bridgehead atoms. The summed E-state index contributed by atoms with van der Waals surface area (Å²) in [7, 11) is 0. The molecule has 1 saturated heterocycles. The normalized spacial score (nSPS) is 25.7. The minimum atomic E-state index is -4.92. The Morgan fingerprint density at radius 1 is 1.35 bits per heavy atom. The first-order valence-corrected chi connectivity index (χ1v) is 8.64. The lowest BCUT2D eigenvalue weighted by molar-refractivity contribution is -0.187. The molecule has 26 heavy (non-hydrogen) atoms. The Bertz CT molecular complexity index is 653. The van der Waals surface area contributed by atoms with Crippen molar-refractivity contribution >= 4 is 17.5 Å². The third-order valence-electron chi connectivity index (χ3n) is 4.92. The molecule has 0 radical (unpaired) electrons. The maximum Gasteiger partial charge on any atom is 0.471 e. The number of carbonyl (C=O) groups is 2. The second kappa shape index (κ2) is 8.05. The standard InChI is InChI=1S/C18H24F3N3O2/c1-11(2)13-7-6-12(3)15(9-13)22-23-16(25)14-5-4-8-24(10-14)17(26)18(19,20)21/h6,13-14H,1,4-5,7-10H2,2-3H3,(H,23,25)/b22-15-/t13-,14-/m0/s1. The average Bonchev–Trinajstić information content (AvgIpc) is 2.59. The predicted octanol–water partition coefficient (Wildman–Crippen LogP) is 3.19. The van der Waals surface area contributed by atoms with Crippen molar-refractivity contribution in [1.82, 2.24) is 10.3 Å². The highest BCUT2D eigenvalue weighted by atomic mass is 19.4. The Morgan fingerprint density at radius 2 is 2.04 bits per heavy atom. The summed E-state index contributed by atoms with van der Waals surface area (Å²) >= 11 is 0. The lowest BCUT2D eigenvalue weighted by Gasteiger charge is -2.32. The zero-order chi connectivity index (χ0) is 19.5. The van der Waals surface area contributed by atoms with E-state index in [9.17, 15) is 22.8 Å². The number of rotatable bonds is 3. The van der Waals surface area contributed by atoms with Gasteiger partial charge in [0.05, 0.1) is 11.6 Å². The van der Waals surface area contributed by atoms with Crippen molar-refractivity contribution < 1.29 is 22.8 Å². The molecule has 0 aromatic rings. The van der Waals surface area contributed by atoms with Gasteiger partial charge >= 0.3 is 12.1 Å². The highest BCUT2D eigenvalue weighted by molar-refractivity contribution is 6.01. The van der Waals surface area contributed by atoms with Gasteiger partial charge < -0.3 is 4.90 Å². The largest absolute Gasteiger partial charge is 0.471 e. The van der Waals surface area contributed by atoms with Gasteiger partial charge in [-0.2, -0.15) is 18.3 Å². The monoisotopic (exact) mass is 371 g/mol. The molecule has 1 N–H and O–H groups in total. The summed E-state index contributed by atoms with van der Waals surface area (Å²) in [4.78, 5) is 24.4. The van der Waals surface area contributed by atoms with E-state index in [4.69, 9.17) is 0 Å². The molecule has 2 atom stereocenters. The van der Waals surface area contributed by atoms with E-state index in [1.54, 1.807) is 0 Å². The smallest absolute Gasteiger partial charge is 0.334 e. The van der Waals surface area contributed by atoms with Crippen molar-refractivity contribution in [2.24, 2.45) is 16.9 Å². The SMILES string of the molecule is C=C(C)[C@H]1CC=C(C)/C(=N\NC(=O)[C@H]2CCCN(C(=O)C(F)(F)F)C2)C1. The fraction of sp³-hybridized carbons (Fsp3) is 0.611. The van der Waals surface area contributed by atoms with Crippen LogP contribution in [-0.4, -0.2) is 41.7 Å². The molecule has 2 amide bonds. The molecule has 8 heteroatoms. The number of amides is 2. The van der Waals surface area contributed by atoms with Gasteiger partial charge in [-0.15, -0.1) is 0 Å². The molecule has 0 aromatic carbocycles. The number of piperidine rings is 1. The van der Waals surface area contributed by atoms with Crippen molar-refractivity contribution in [1.29, 1.82) is 0 Å². The number of alkyl halides is 3. The second-order valence-electron chi connectivity index (χ2n) is 6.99. The third kappa shape index (κ3) is 4.95. The molecule has 0 unspecified atom stereocenters. The highest BCUT2D eigenvalue weighted by Gasteiger charge is 2.44. The molecule has 0 spiro atoms. The zero-order valence-electron chi connectivity index (χ0n) is 15.0. The fourth-order valence-corrected chi connectivity index (χ4v) is 3.19. The molecule has 0 aromatic heterocycles. The number of likely N-dealkylation sites (tertiary alicyclic amines) is 1. The summed E-state index contributed by atoms with van der Waals surface area (Å²) in [5.41, 5.74) is 5.23. The Kier molecular flexibility index (Phi) is 6.26. The molecule has 144 valence electrons. The average molecular weight is 371 g/mol. The van der Waals surface area contributed by atoms with E-state index < -0.39 is 23.9 Å². The van der Waals surface area contributed by atoms with Gasteiger partial charge in [0.15, 0.2) is 0 Å². The van der Waals surface area contributed by atoms with Gasteiger partial charge in [-0.1, -0.05) is 18.2 Å². The number of nitrogens with zero attached hydrogens (tertiary/aromatic N) is 2. The first kappa shape index (κ1) is 20.2. The summed E-state index contributed by atoms with van der Waals surface area (Å²) in [5.74, 6) is -2.77. The zero-order valence-corrected chi connectivity index (χ0v) is 15.0. The van der Waals surface area contributed by atoms with E-state index >= 15 is 0 Å². The maximum atomic E-state index is 12.6. The minimum Gasteiger partial charge on any atom is -0.334 e. The molecule has 2 rings (SSSR count). The van der Waals surface area contributed by atoms with Crippen LogP contribution in [0, 0.1) is 11.8 Å². The number of halogens is 3. The third-order valence-corrected chi connectivity index (χ3v) is 4.92. The Hall–Kier alpha value is -2.12. The number of hydrazone groups is 1. The topological polar surface area (TPSA) is 61.8 Å². The maximum absolute atomic E-state index is 12.6. The van der Waals surface area contributed by atoms with Gasteiger partial charge in [0.1, 0.15) is 0 Å². The quantitative estimate of drug-likeness (QED) is 0.612. The van der Waals surface area contributed by atoms with Crippen LogP contribution in [-0.2, 0) is 9.59 Å². The van der Waals surface area contributed by atoms with Crippen LogP contribution in [0.1, 0.15) is 39.5 Å². The van der Waals surface area contributed by atoms with Crippen LogP contribution < -0.4 is 5.43 Å². The second-order valence-corrected chi connectivity index (χ2v) is 6.99. The van der Waals surface area contributed by atoms with Crippen LogP contribution >= 0.6 is 0 Å². The van der Waals surface area contributed by atoms with E-state index in [1.165, 1.54) is 0 Å². The minimum absolute atomic E-state index is 0.0127. The van der Waals surface area contributed by atoms with E-state index in [0.29, 0.717) is 24.2 Å². The van der Waals surface area contributed by atoms with E-state index in [0.717, 1.165) is 23.3 Å². The van der Waals surface area contributed by atoms with Gasteiger partial charge in [0, 0.05) is 13.1 Å². The Balaban J connectivity index is 1.99. The van der Waals surface area contributed by atoms with Crippen molar-refractivity contribution in [3.63, 3.8) is 0 Å². The lowest BCUT2D eigenvalue weighted by atomic mass is 9.85. The number of hydrogen-bond acceptors (Lipinski definition) is 3. The van der Waals surface area contributed by atoms with Crippen LogP contribution in [0.15, 0.2) is 28.9 Å². The number of hydrogen-bond donors (Lipinski definition) is 1. The molecule has 1 aliphatic carbocycles.